The highest BCUT2D eigenvalue weighted by atomic mass is 19.4. The van der Waals surface area contributed by atoms with E-state index in [1.165, 1.54) is 6.07 Å². The third-order valence-electron chi connectivity index (χ3n) is 6.90. The maximum atomic E-state index is 14.0. The summed E-state index contributed by atoms with van der Waals surface area (Å²) in [5.74, 6) is -1.05. The Balaban J connectivity index is 1.34. The molecule has 38 heavy (non-hydrogen) atoms. The van der Waals surface area contributed by atoms with Crippen molar-refractivity contribution in [1.82, 2.24) is 24.8 Å². The number of halogens is 3. The van der Waals surface area contributed by atoms with Gasteiger partial charge >= 0.3 is 12.1 Å². The number of alkyl halides is 3. The summed E-state index contributed by atoms with van der Waals surface area (Å²) in [6, 6.07) is 15.5. The fraction of sp³-hybridized carbons (Fsp3) is 0.333. The Hall–Kier alpha value is -3.99. The molecule has 11 heteroatoms. The number of carboxylic acids is 1. The second kappa shape index (κ2) is 10.4. The van der Waals surface area contributed by atoms with Gasteiger partial charge in [-0.2, -0.15) is 23.3 Å². The Morgan fingerprint density at radius 3 is 2.50 bits per heavy atom. The lowest BCUT2D eigenvalue weighted by Crippen LogP contribution is -2.37. The van der Waals surface area contributed by atoms with Gasteiger partial charge in [0, 0.05) is 19.2 Å². The van der Waals surface area contributed by atoms with E-state index >= 15 is 0 Å². The third kappa shape index (κ3) is 5.47. The van der Waals surface area contributed by atoms with E-state index in [-0.39, 0.29) is 35.2 Å². The average molecular weight is 526 g/mol. The lowest BCUT2D eigenvalue weighted by Gasteiger charge is -2.30. The van der Waals surface area contributed by atoms with Crippen LogP contribution in [0.15, 0.2) is 59.1 Å². The molecule has 0 atom stereocenters. The summed E-state index contributed by atoms with van der Waals surface area (Å²) in [5.41, 5.74) is 1.82. The van der Waals surface area contributed by atoms with Crippen LogP contribution in [-0.2, 0) is 24.4 Å². The van der Waals surface area contributed by atoms with Crippen LogP contribution in [0, 0.1) is 5.92 Å². The first-order chi connectivity index (χ1) is 18.2. The lowest BCUT2D eigenvalue weighted by molar-refractivity contribution is -0.143. The smallest absolute Gasteiger partial charge is 0.416 e. The standard InChI is InChI=1S/C27H26F3N5O3/c1-34-23(18-5-3-2-4-6-18)16-22(32-34)25-31-24(33-38-25)20-8-7-17(21(15-20)27(28,29)30)9-12-35-13-10-19(11-14-35)26(36)37/h2-8,15-16,19H,9-14H2,1H3,(H,36,37). The number of hydrogen-bond donors (Lipinski definition) is 1. The highest BCUT2D eigenvalue weighted by molar-refractivity contribution is 5.70. The molecule has 0 amide bonds. The number of carboxylic acid groups (broad SMARTS) is 1. The number of rotatable bonds is 7. The summed E-state index contributed by atoms with van der Waals surface area (Å²) in [4.78, 5) is 17.5. The minimum Gasteiger partial charge on any atom is -0.481 e. The number of nitrogens with zero attached hydrogens (tertiary/aromatic N) is 5. The Bertz CT molecular complexity index is 1420. The molecule has 1 N–H and O–H groups in total. The maximum Gasteiger partial charge on any atom is 0.416 e. The van der Waals surface area contributed by atoms with Gasteiger partial charge in [-0.15, -0.1) is 0 Å². The van der Waals surface area contributed by atoms with Gasteiger partial charge in [0.15, 0.2) is 5.69 Å². The summed E-state index contributed by atoms with van der Waals surface area (Å²) in [5, 5.41) is 17.5. The lowest BCUT2D eigenvalue weighted by atomic mass is 9.96. The molecule has 0 radical (unpaired) electrons. The number of piperidine rings is 1. The Labute approximate surface area is 216 Å². The second-order valence-corrected chi connectivity index (χ2v) is 9.40. The SMILES string of the molecule is Cn1nc(-c2nc(-c3ccc(CCN4CCC(C(=O)O)CC4)c(C(F)(F)F)c3)no2)cc1-c1ccccc1. The predicted octanol–water partition coefficient (Wildman–Crippen LogP) is 5.16. The van der Waals surface area contributed by atoms with Crippen molar-refractivity contribution in [2.24, 2.45) is 13.0 Å². The van der Waals surface area contributed by atoms with Crippen molar-refractivity contribution < 1.29 is 27.6 Å². The van der Waals surface area contributed by atoms with E-state index in [0.29, 0.717) is 38.2 Å². The normalized spacial score (nSPS) is 15.2. The molecular weight excluding hydrogens is 499 g/mol. The van der Waals surface area contributed by atoms with E-state index in [1.807, 2.05) is 35.2 Å². The van der Waals surface area contributed by atoms with Crippen molar-refractivity contribution in [2.75, 3.05) is 19.6 Å². The first kappa shape index (κ1) is 25.7. The molecule has 4 aromatic rings. The van der Waals surface area contributed by atoms with Crippen LogP contribution < -0.4 is 0 Å². The molecule has 0 spiro atoms. The molecular formula is C27H26F3N5O3. The molecule has 0 saturated carbocycles. The Kier molecular flexibility index (Phi) is 7.02. The summed E-state index contributed by atoms with van der Waals surface area (Å²) in [6.45, 7) is 1.54. The van der Waals surface area contributed by atoms with Gasteiger partial charge in [0.25, 0.3) is 5.89 Å². The van der Waals surface area contributed by atoms with Crippen LogP contribution in [0.2, 0.25) is 0 Å². The predicted molar refractivity (Wildman–Crippen MR) is 133 cm³/mol. The zero-order chi connectivity index (χ0) is 26.9. The maximum absolute atomic E-state index is 14.0. The van der Waals surface area contributed by atoms with Crippen LogP contribution in [0.1, 0.15) is 24.0 Å². The molecule has 0 aliphatic carbocycles. The minimum atomic E-state index is -4.56. The number of hydrogen-bond acceptors (Lipinski definition) is 6. The van der Waals surface area contributed by atoms with Crippen molar-refractivity contribution in [3.8, 4) is 34.2 Å². The van der Waals surface area contributed by atoms with Gasteiger partial charge in [-0.1, -0.05) is 47.6 Å². The molecule has 3 heterocycles. The molecule has 2 aromatic carbocycles. The molecule has 0 bridgehead atoms. The molecule has 0 unspecified atom stereocenters. The number of carbonyl (C=O) groups is 1. The molecule has 1 aliphatic heterocycles. The van der Waals surface area contributed by atoms with E-state index in [2.05, 4.69) is 15.2 Å². The van der Waals surface area contributed by atoms with Crippen LogP contribution in [-0.4, -0.2) is 55.5 Å². The van der Waals surface area contributed by atoms with Crippen molar-refractivity contribution in [3.05, 3.63) is 65.7 Å². The molecule has 1 fully saturated rings. The van der Waals surface area contributed by atoms with Crippen LogP contribution >= 0.6 is 0 Å². The van der Waals surface area contributed by atoms with Crippen molar-refractivity contribution in [1.29, 1.82) is 0 Å². The van der Waals surface area contributed by atoms with E-state index in [0.717, 1.165) is 17.3 Å². The highest BCUT2D eigenvalue weighted by Crippen LogP contribution is 2.35. The number of aliphatic carboxylic acids is 1. The zero-order valence-corrected chi connectivity index (χ0v) is 20.6. The van der Waals surface area contributed by atoms with Crippen LogP contribution in [0.5, 0.6) is 0 Å². The molecule has 8 nitrogen and oxygen atoms in total. The van der Waals surface area contributed by atoms with E-state index in [9.17, 15) is 18.0 Å². The number of likely N-dealkylation sites (tertiary alicyclic amines) is 1. The van der Waals surface area contributed by atoms with Gasteiger partial charge in [-0.3, -0.25) is 9.48 Å². The van der Waals surface area contributed by atoms with Gasteiger partial charge in [-0.05, 0) is 55.6 Å². The first-order valence-corrected chi connectivity index (χ1v) is 12.3. The largest absolute Gasteiger partial charge is 0.481 e. The third-order valence-corrected chi connectivity index (χ3v) is 6.90. The summed E-state index contributed by atoms with van der Waals surface area (Å²) < 4.78 is 48.9. The van der Waals surface area contributed by atoms with Gasteiger partial charge in [0.05, 0.1) is 17.2 Å². The zero-order valence-electron chi connectivity index (χ0n) is 20.6. The number of aryl methyl sites for hydroxylation is 1. The van der Waals surface area contributed by atoms with Crippen molar-refractivity contribution in [3.63, 3.8) is 0 Å². The van der Waals surface area contributed by atoms with Crippen LogP contribution in [0.3, 0.4) is 0 Å². The minimum absolute atomic E-state index is 0.0414. The van der Waals surface area contributed by atoms with Crippen LogP contribution in [0.25, 0.3) is 34.2 Å². The molecule has 198 valence electrons. The van der Waals surface area contributed by atoms with Crippen molar-refractivity contribution >= 4 is 5.97 Å². The summed E-state index contributed by atoms with van der Waals surface area (Å²) in [7, 11) is 1.78. The summed E-state index contributed by atoms with van der Waals surface area (Å²) >= 11 is 0. The highest BCUT2D eigenvalue weighted by Gasteiger charge is 2.34. The van der Waals surface area contributed by atoms with E-state index in [4.69, 9.17) is 9.63 Å². The number of benzene rings is 2. The topological polar surface area (TPSA) is 97.3 Å². The molecule has 1 aliphatic rings. The first-order valence-electron chi connectivity index (χ1n) is 12.3. The van der Waals surface area contributed by atoms with E-state index in [1.54, 1.807) is 23.9 Å². The molecule has 1 saturated heterocycles. The van der Waals surface area contributed by atoms with Gasteiger partial charge in [-0.25, -0.2) is 0 Å². The molecule has 2 aromatic heterocycles. The Morgan fingerprint density at radius 2 is 1.82 bits per heavy atom. The fourth-order valence-electron chi connectivity index (χ4n) is 4.78. The molecule has 5 rings (SSSR count). The quantitative estimate of drug-likeness (QED) is 0.356. The van der Waals surface area contributed by atoms with Gasteiger partial charge in [0.2, 0.25) is 5.82 Å². The van der Waals surface area contributed by atoms with Gasteiger partial charge < -0.3 is 14.5 Å². The monoisotopic (exact) mass is 525 g/mol. The fourth-order valence-corrected chi connectivity index (χ4v) is 4.78. The average Bonchev–Trinajstić information content (AvgIpc) is 3.55. The van der Waals surface area contributed by atoms with Crippen molar-refractivity contribution in [2.45, 2.75) is 25.4 Å². The number of aromatic nitrogens is 4. The summed E-state index contributed by atoms with van der Waals surface area (Å²) in [6.07, 6.45) is -3.35. The van der Waals surface area contributed by atoms with Gasteiger partial charge in [0.1, 0.15) is 0 Å². The van der Waals surface area contributed by atoms with Crippen LogP contribution in [0.4, 0.5) is 13.2 Å². The van der Waals surface area contributed by atoms with E-state index < -0.39 is 17.7 Å². The second-order valence-electron chi connectivity index (χ2n) is 9.40. The Morgan fingerprint density at radius 1 is 1.08 bits per heavy atom.